The Morgan fingerprint density at radius 3 is 2.48 bits per heavy atom. The molecule has 0 aliphatic rings. The molecular formula is C23H17ClF3N3O3. The standard InChI is InChI=1S/C23H17ClF3N3O3/c24-20-10-2-1-6-16(20)14-33-19-9-3-5-15(11-19)13-28-30-22(32)21(31)29-18-8-4-7-17(12-18)23(25,26)27/h1-13H,14H2,(H,29,31)(H,30,32)/b28-13+. The van der Waals surface area contributed by atoms with E-state index in [9.17, 15) is 22.8 Å². The number of rotatable bonds is 6. The molecular weight excluding hydrogens is 459 g/mol. The fourth-order valence-corrected chi connectivity index (χ4v) is 2.83. The molecule has 0 saturated carbocycles. The lowest BCUT2D eigenvalue weighted by atomic mass is 10.2. The van der Waals surface area contributed by atoms with E-state index in [2.05, 4.69) is 10.4 Å². The van der Waals surface area contributed by atoms with Crippen molar-refractivity contribution in [2.45, 2.75) is 12.8 Å². The molecule has 2 amide bonds. The second-order valence-electron chi connectivity index (χ2n) is 6.68. The van der Waals surface area contributed by atoms with Gasteiger partial charge < -0.3 is 10.1 Å². The van der Waals surface area contributed by atoms with Gasteiger partial charge in [0.25, 0.3) is 0 Å². The molecule has 170 valence electrons. The number of benzene rings is 3. The number of ether oxygens (including phenoxy) is 1. The number of amides is 2. The molecule has 0 spiro atoms. The third-order valence-corrected chi connectivity index (χ3v) is 4.61. The molecule has 0 aliphatic heterocycles. The zero-order chi connectivity index (χ0) is 23.8. The van der Waals surface area contributed by atoms with Gasteiger partial charge in [-0.15, -0.1) is 0 Å². The summed E-state index contributed by atoms with van der Waals surface area (Å²) in [6, 6.07) is 18.0. The van der Waals surface area contributed by atoms with Crippen molar-refractivity contribution >= 4 is 35.3 Å². The maximum Gasteiger partial charge on any atom is 0.416 e. The molecule has 6 nitrogen and oxygen atoms in total. The Hall–Kier alpha value is -3.85. The van der Waals surface area contributed by atoms with Crippen LogP contribution in [0, 0.1) is 0 Å². The maximum absolute atomic E-state index is 12.7. The Morgan fingerprint density at radius 2 is 1.73 bits per heavy atom. The molecule has 0 heterocycles. The number of hydrogen-bond donors (Lipinski definition) is 2. The normalized spacial score (nSPS) is 11.3. The van der Waals surface area contributed by atoms with Crippen LogP contribution in [0.5, 0.6) is 5.75 Å². The molecule has 0 saturated heterocycles. The minimum atomic E-state index is -4.57. The quantitative estimate of drug-likeness (QED) is 0.298. The summed E-state index contributed by atoms with van der Waals surface area (Å²) >= 11 is 6.10. The summed E-state index contributed by atoms with van der Waals surface area (Å²) in [6.07, 6.45) is -3.28. The molecule has 2 N–H and O–H groups in total. The van der Waals surface area contributed by atoms with Crippen LogP contribution < -0.4 is 15.5 Å². The Labute approximate surface area is 192 Å². The van der Waals surface area contributed by atoms with Crippen molar-refractivity contribution < 1.29 is 27.5 Å². The SMILES string of the molecule is O=C(N/N=C/c1cccc(OCc2ccccc2Cl)c1)C(=O)Nc1cccc(C(F)(F)F)c1. The second-order valence-corrected chi connectivity index (χ2v) is 7.09. The molecule has 0 bridgehead atoms. The lowest BCUT2D eigenvalue weighted by molar-refractivity contribution is -0.137. The van der Waals surface area contributed by atoms with Gasteiger partial charge in [-0.25, -0.2) is 5.43 Å². The summed E-state index contributed by atoms with van der Waals surface area (Å²) in [4.78, 5) is 23.8. The van der Waals surface area contributed by atoms with E-state index >= 15 is 0 Å². The van der Waals surface area contributed by atoms with Crippen LogP contribution in [0.1, 0.15) is 16.7 Å². The zero-order valence-corrected chi connectivity index (χ0v) is 17.7. The smallest absolute Gasteiger partial charge is 0.416 e. The number of carbonyl (C=O) groups is 2. The third kappa shape index (κ3) is 7.08. The molecule has 10 heteroatoms. The Bertz CT molecular complexity index is 1180. The van der Waals surface area contributed by atoms with Gasteiger partial charge in [0.15, 0.2) is 0 Å². The lowest BCUT2D eigenvalue weighted by Gasteiger charge is -2.09. The first-order valence-electron chi connectivity index (χ1n) is 9.50. The second kappa shape index (κ2) is 10.6. The molecule has 0 atom stereocenters. The van der Waals surface area contributed by atoms with Crippen molar-refractivity contribution in [2.75, 3.05) is 5.32 Å². The summed E-state index contributed by atoms with van der Waals surface area (Å²) in [7, 11) is 0. The van der Waals surface area contributed by atoms with Crippen LogP contribution in [0.25, 0.3) is 0 Å². The monoisotopic (exact) mass is 475 g/mol. The van der Waals surface area contributed by atoms with Crippen molar-refractivity contribution in [3.8, 4) is 5.75 Å². The molecule has 3 aromatic carbocycles. The minimum absolute atomic E-state index is 0.169. The average molecular weight is 476 g/mol. The fraction of sp³-hybridized carbons (Fsp3) is 0.0870. The highest BCUT2D eigenvalue weighted by atomic mass is 35.5. The Morgan fingerprint density at radius 1 is 0.970 bits per heavy atom. The van der Waals surface area contributed by atoms with Crippen LogP contribution in [-0.2, 0) is 22.4 Å². The lowest BCUT2D eigenvalue weighted by Crippen LogP contribution is -2.32. The van der Waals surface area contributed by atoms with Gasteiger partial charge in [-0.1, -0.05) is 48.0 Å². The van der Waals surface area contributed by atoms with E-state index in [1.165, 1.54) is 12.3 Å². The number of hydrogen-bond acceptors (Lipinski definition) is 4. The van der Waals surface area contributed by atoms with Gasteiger partial charge in [0.05, 0.1) is 11.8 Å². The van der Waals surface area contributed by atoms with Gasteiger partial charge in [-0.05, 0) is 42.0 Å². The van der Waals surface area contributed by atoms with Gasteiger partial charge in [0.2, 0.25) is 0 Å². The topological polar surface area (TPSA) is 79.8 Å². The number of nitrogens with zero attached hydrogens (tertiary/aromatic N) is 1. The van der Waals surface area contributed by atoms with Crippen LogP contribution in [0.4, 0.5) is 18.9 Å². The van der Waals surface area contributed by atoms with Crippen LogP contribution in [0.15, 0.2) is 77.9 Å². The molecule has 0 unspecified atom stereocenters. The van der Waals surface area contributed by atoms with E-state index in [-0.39, 0.29) is 12.3 Å². The number of alkyl halides is 3. The first kappa shape index (κ1) is 23.8. The van der Waals surface area contributed by atoms with E-state index in [0.29, 0.717) is 16.3 Å². The minimum Gasteiger partial charge on any atom is -0.489 e. The van der Waals surface area contributed by atoms with Gasteiger partial charge >= 0.3 is 18.0 Å². The zero-order valence-electron chi connectivity index (χ0n) is 16.9. The van der Waals surface area contributed by atoms with Crippen molar-refractivity contribution in [2.24, 2.45) is 5.10 Å². The molecule has 0 radical (unpaired) electrons. The van der Waals surface area contributed by atoms with Gasteiger partial charge in [0, 0.05) is 16.3 Å². The van der Waals surface area contributed by atoms with E-state index < -0.39 is 23.6 Å². The molecule has 3 aromatic rings. The molecule has 0 fully saturated rings. The maximum atomic E-state index is 12.7. The Kier molecular flexibility index (Phi) is 7.68. The summed E-state index contributed by atoms with van der Waals surface area (Å²) < 4.78 is 43.9. The first-order valence-corrected chi connectivity index (χ1v) is 9.88. The van der Waals surface area contributed by atoms with E-state index in [1.54, 1.807) is 30.3 Å². The van der Waals surface area contributed by atoms with Crippen molar-refractivity contribution in [1.29, 1.82) is 0 Å². The highest BCUT2D eigenvalue weighted by molar-refractivity contribution is 6.39. The predicted octanol–water partition coefficient (Wildman–Crippen LogP) is 5.03. The number of anilines is 1. The highest BCUT2D eigenvalue weighted by Crippen LogP contribution is 2.30. The Balaban J connectivity index is 1.54. The van der Waals surface area contributed by atoms with Crippen LogP contribution in [0.3, 0.4) is 0 Å². The van der Waals surface area contributed by atoms with E-state index in [0.717, 1.165) is 23.8 Å². The molecule has 3 rings (SSSR count). The summed E-state index contributed by atoms with van der Waals surface area (Å²) in [5, 5.41) is 6.37. The highest BCUT2D eigenvalue weighted by Gasteiger charge is 2.30. The fourth-order valence-electron chi connectivity index (χ4n) is 2.64. The summed E-state index contributed by atoms with van der Waals surface area (Å²) in [6.45, 7) is 0.257. The first-order chi connectivity index (χ1) is 15.7. The van der Waals surface area contributed by atoms with E-state index in [1.807, 2.05) is 23.6 Å². The summed E-state index contributed by atoms with van der Waals surface area (Å²) in [5.41, 5.74) is 2.29. The van der Waals surface area contributed by atoms with Gasteiger partial charge in [-0.3, -0.25) is 9.59 Å². The van der Waals surface area contributed by atoms with Crippen LogP contribution >= 0.6 is 11.6 Å². The van der Waals surface area contributed by atoms with E-state index in [4.69, 9.17) is 16.3 Å². The summed E-state index contributed by atoms with van der Waals surface area (Å²) in [5.74, 6) is -1.77. The number of nitrogens with one attached hydrogen (secondary N) is 2. The molecule has 0 aromatic heterocycles. The average Bonchev–Trinajstić information content (AvgIpc) is 2.78. The number of carbonyl (C=O) groups excluding carboxylic acids is 2. The van der Waals surface area contributed by atoms with Gasteiger partial charge in [0.1, 0.15) is 12.4 Å². The third-order valence-electron chi connectivity index (χ3n) is 4.24. The number of halogens is 4. The van der Waals surface area contributed by atoms with Crippen molar-refractivity contribution in [3.05, 3.63) is 94.5 Å². The van der Waals surface area contributed by atoms with Crippen molar-refractivity contribution in [1.82, 2.24) is 5.43 Å². The van der Waals surface area contributed by atoms with Gasteiger partial charge in [-0.2, -0.15) is 18.3 Å². The van der Waals surface area contributed by atoms with Crippen LogP contribution in [0.2, 0.25) is 5.02 Å². The van der Waals surface area contributed by atoms with Crippen LogP contribution in [-0.4, -0.2) is 18.0 Å². The molecule has 0 aliphatic carbocycles. The van der Waals surface area contributed by atoms with Crippen molar-refractivity contribution in [3.63, 3.8) is 0 Å². The molecule has 33 heavy (non-hydrogen) atoms. The largest absolute Gasteiger partial charge is 0.489 e. The number of hydrazone groups is 1. The predicted molar refractivity (Wildman–Crippen MR) is 118 cm³/mol.